The van der Waals surface area contributed by atoms with Crippen LogP contribution in [0.15, 0.2) is 42.0 Å². The van der Waals surface area contributed by atoms with Crippen LogP contribution in [0.25, 0.3) is 12.2 Å². The van der Waals surface area contributed by atoms with Gasteiger partial charge in [-0.1, -0.05) is 18.2 Å². The number of allylic oxidation sites excluding steroid dienone is 2. The second kappa shape index (κ2) is 10.5. The zero-order chi connectivity index (χ0) is 24.1. The lowest BCUT2D eigenvalue weighted by Gasteiger charge is -2.29. The van der Waals surface area contributed by atoms with Gasteiger partial charge in [0.05, 0.1) is 34.0 Å². The van der Waals surface area contributed by atoms with Crippen LogP contribution in [-0.4, -0.2) is 68.6 Å². The molecule has 2 heterocycles. The summed E-state index contributed by atoms with van der Waals surface area (Å²) in [4.78, 5) is 20.1. The summed E-state index contributed by atoms with van der Waals surface area (Å²) in [5, 5.41) is 10.2. The Morgan fingerprint density at radius 1 is 1.18 bits per heavy atom. The molecule has 0 bridgehead atoms. The predicted octanol–water partition coefficient (Wildman–Crippen LogP) is 1.84. The molecule has 1 aromatic heterocycles. The van der Waals surface area contributed by atoms with Crippen molar-refractivity contribution >= 4 is 23.8 Å². The number of fused-ring (bicyclic) bond motifs is 1. The van der Waals surface area contributed by atoms with Crippen molar-refractivity contribution in [3.8, 4) is 5.75 Å². The number of hydrogen-bond acceptors (Lipinski definition) is 7. The number of methoxy groups -OCH3 is 2. The normalized spacial score (nSPS) is 15.4. The van der Waals surface area contributed by atoms with Gasteiger partial charge < -0.3 is 23.8 Å². The van der Waals surface area contributed by atoms with E-state index in [2.05, 4.69) is 4.98 Å². The number of aromatic nitrogens is 1. The van der Waals surface area contributed by atoms with Crippen molar-refractivity contribution in [1.29, 1.82) is 5.41 Å². The van der Waals surface area contributed by atoms with Gasteiger partial charge in [0.2, 0.25) is 5.78 Å². The van der Waals surface area contributed by atoms with Crippen LogP contribution >= 0.6 is 0 Å². The first-order valence-corrected chi connectivity index (χ1v) is 11.3. The van der Waals surface area contributed by atoms with Crippen LogP contribution in [-0.2, 0) is 14.2 Å². The van der Waals surface area contributed by atoms with E-state index in [1.807, 2.05) is 24.0 Å². The van der Waals surface area contributed by atoms with Crippen molar-refractivity contribution in [3.05, 3.63) is 69.2 Å². The molecule has 0 spiro atoms. The number of morpholine rings is 1. The first-order chi connectivity index (χ1) is 16.6. The van der Waals surface area contributed by atoms with E-state index >= 15 is 0 Å². The number of rotatable bonds is 7. The quantitative estimate of drug-likeness (QED) is 0.380. The summed E-state index contributed by atoms with van der Waals surface area (Å²) in [5.74, 6) is 1.91. The summed E-state index contributed by atoms with van der Waals surface area (Å²) in [5.41, 5.74) is 1.41. The number of amidine groups is 1. The number of carbonyl (C=O) groups excluding carboxylic acids is 1. The van der Waals surface area contributed by atoms with Crippen molar-refractivity contribution in [2.75, 3.05) is 47.1 Å². The minimum Gasteiger partial charge on any atom is -0.497 e. The number of nitrogens with one attached hydrogen (secondary N) is 1. The number of pyridine rings is 1. The maximum absolute atomic E-state index is 13.6. The molecule has 8 nitrogen and oxygen atoms in total. The second-order valence-electron chi connectivity index (χ2n) is 7.83. The first-order valence-electron chi connectivity index (χ1n) is 11.3. The average molecular weight is 464 g/mol. The van der Waals surface area contributed by atoms with Crippen LogP contribution in [0.1, 0.15) is 35.0 Å². The van der Waals surface area contributed by atoms with Crippen molar-refractivity contribution in [2.45, 2.75) is 13.3 Å². The SMILES string of the molecule is CCOc1cccc(C(=O)c2ncc(C(=N)N3CCOCC3)c3c2=CC(OC)=C(OC)CC=3)c1. The lowest BCUT2D eigenvalue weighted by Crippen LogP contribution is -2.45. The third-order valence-corrected chi connectivity index (χ3v) is 5.87. The summed E-state index contributed by atoms with van der Waals surface area (Å²) in [6.07, 6.45) is 5.82. The van der Waals surface area contributed by atoms with E-state index in [9.17, 15) is 4.79 Å². The van der Waals surface area contributed by atoms with Gasteiger partial charge in [0.25, 0.3) is 0 Å². The minimum atomic E-state index is -0.233. The fraction of sp³-hybridized carbons (Fsp3) is 0.346. The Morgan fingerprint density at radius 3 is 2.68 bits per heavy atom. The number of carbonyl (C=O) groups is 1. The van der Waals surface area contributed by atoms with Gasteiger partial charge in [0.15, 0.2) is 5.76 Å². The van der Waals surface area contributed by atoms with E-state index in [0.717, 1.165) is 5.22 Å². The van der Waals surface area contributed by atoms with E-state index < -0.39 is 0 Å². The Balaban J connectivity index is 1.88. The molecule has 1 saturated heterocycles. The molecule has 1 fully saturated rings. The summed E-state index contributed by atoms with van der Waals surface area (Å²) in [6.45, 7) is 4.82. The Labute approximate surface area is 198 Å². The summed E-state index contributed by atoms with van der Waals surface area (Å²) >= 11 is 0. The maximum atomic E-state index is 13.6. The standard InChI is InChI=1S/C26H29N3O5/c1-4-34-18-7-5-6-17(14-18)25(30)24-20-15-23(32-3)22(31-2)9-8-19(20)21(16-28-24)26(27)29-10-12-33-13-11-29/h5-8,14-16,27H,4,9-13H2,1-3H3. The summed E-state index contributed by atoms with van der Waals surface area (Å²) < 4.78 is 22.1. The summed E-state index contributed by atoms with van der Waals surface area (Å²) in [6, 6.07) is 7.07. The lowest BCUT2D eigenvalue weighted by molar-refractivity contribution is 0.0679. The van der Waals surface area contributed by atoms with Crippen LogP contribution in [0.3, 0.4) is 0 Å². The molecule has 1 aliphatic carbocycles. The highest BCUT2D eigenvalue weighted by atomic mass is 16.5. The molecule has 0 radical (unpaired) electrons. The third-order valence-electron chi connectivity index (χ3n) is 5.87. The highest BCUT2D eigenvalue weighted by Crippen LogP contribution is 2.18. The van der Waals surface area contributed by atoms with Gasteiger partial charge in [-0.15, -0.1) is 0 Å². The molecule has 8 heteroatoms. The topological polar surface area (TPSA) is 94.0 Å². The molecule has 2 aromatic rings. The first kappa shape index (κ1) is 23.5. The molecule has 1 N–H and O–H groups in total. The van der Waals surface area contributed by atoms with Crippen LogP contribution in [0.5, 0.6) is 5.75 Å². The average Bonchev–Trinajstić information content (AvgIpc) is 3.07. The number of hydrogen-bond donors (Lipinski definition) is 1. The number of ether oxygens (including phenoxy) is 4. The van der Waals surface area contributed by atoms with E-state index in [4.69, 9.17) is 24.4 Å². The third kappa shape index (κ3) is 4.68. The van der Waals surface area contributed by atoms with Gasteiger partial charge in [-0.3, -0.25) is 15.2 Å². The molecule has 34 heavy (non-hydrogen) atoms. The highest BCUT2D eigenvalue weighted by molar-refractivity contribution is 6.08. The Bertz CT molecular complexity index is 1250. The van der Waals surface area contributed by atoms with E-state index in [1.54, 1.807) is 44.7 Å². The van der Waals surface area contributed by atoms with Gasteiger partial charge in [0, 0.05) is 42.1 Å². The summed E-state index contributed by atoms with van der Waals surface area (Å²) in [7, 11) is 3.15. The number of benzene rings is 1. The van der Waals surface area contributed by atoms with Crippen LogP contribution < -0.4 is 15.2 Å². The zero-order valence-electron chi connectivity index (χ0n) is 19.7. The van der Waals surface area contributed by atoms with Crippen LogP contribution in [0.2, 0.25) is 0 Å². The molecule has 2 aliphatic rings. The molecule has 0 amide bonds. The van der Waals surface area contributed by atoms with Gasteiger partial charge in [0.1, 0.15) is 23.0 Å². The molecule has 0 unspecified atom stereocenters. The highest BCUT2D eigenvalue weighted by Gasteiger charge is 2.22. The molecule has 178 valence electrons. The molecule has 1 aliphatic heterocycles. The van der Waals surface area contributed by atoms with E-state index in [-0.39, 0.29) is 11.5 Å². The fourth-order valence-corrected chi connectivity index (χ4v) is 4.13. The van der Waals surface area contributed by atoms with Crippen LogP contribution in [0, 0.1) is 5.41 Å². The maximum Gasteiger partial charge on any atom is 0.212 e. The van der Waals surface area contributed by atoms with Crippen molar-refractivity contribution in [2.24, 2.45) is 0 Å². The Hall–Kier alpha value is -3.65. The largest absolute Gasteiger partial charge is 0.497 e. The van der Waals surface area contributed by atoms with Crippen molar-refractivity contribution in [1.82, 2.24) is 9.88 Å². The predicted molar refractivity (Wildman–Crippen MR) is 128 cm³/mol. The van der Waals surface area contributed by atoms with Crippen molar-refractivity contribution < 1.29 is 23.7 Å². The fourth-order valence-electron chi connectivity index (χ4n) is 4.13. The van der Waals surface area contributed by atoms with Crippen LogP contribution in [0.4, 0.5) is 0 Å². The molecular weight excluding hydrogens is 434 g/mol. The van der Waals surface area contributed by atoms with Gasteiger partial charge in [-0.2, -0.15) is 0 Å². The molecule has 0 saturated carbocycles. The van der Waals surface area contributed by atoms with E-state index in [1.165, 1.54) is 0 Å². The van der Waals surface area contributed by atoms with Gasteiger partial charge in [-0.05, 0) is 30.4 Å². The smallest absolute Gasteiger partial charge is 0.212 e. The zero-order valence-corrected chi connectivity index (χ0v) is 19.7. The number of nitrogens with zero attached hydrogens (tertiary/aromatic N) is 2. The van der Waals surface area contributed by atoms with Gasteiger partial charge in [-0.25, -0.2) is 0 Å². The molecule has 4 rings (SSSR count). The number of ketones is 1. The van der Waals surface area contributed by atoms with E-state index in [0.29, 0.717) is 78.8 Å². The minimum absolute atomic E-state index is 0.233. The molecule has 1 aromatic carbocycles. The molecular formula is C26H29N3O5. The second-order valence-corrected chi connectivity index (χ2v) is 7.83. The van der Waals surface area contributed by atoms with Crippen molar-refractivity contribution in [3.63, 3.8) is 0 Å². The Kier molecular flexibility index (Phi) is 7.27. The lowest BCUT2D eigenvalue weighted by atomic mass is 10.0. The molecule has 0 atom stereocenters. The Morgan fingerprint density at radius 2 is 1.97 bits per heavy atom. The monoisotopic (exact) mass is 463 g/mol. The van der Waals surface area contributed by atoms with Gasteiger partial charge >= 0.3 is 0 Å².